The van der Waals surface area contributed by atoms with Crippen LogP contribution in [0.2, 0.25) is 0 Å². The van der Waals surface area contributed by atoms with Crippen LogP contribution in [-0.4, -0.2) is 41.0 Å². The fraction of sp³-hybridized carbons (Fsp3) is 0.452. The third-order valence-corrected chi connectivity index (χ3v) is 5.94. The Hall–Kier alpha value is -3.79. The molecule has 2 unspecified atom stereocenters. The number of hydrogen-bond donors (Lipinski definition) is 2. The van der Waals surface area contributed by atoms with E-state index in [1.54, 1.807) is 20.8 Å². The Morgan fingerprint density at radius 3 is 2.18 bits per heavy atom. The van der Waals surface area contributed by atoms with Gasteiger partial charge in [-0.15, -0.1) is 0 Å². The number of alkyl carbamates (subject to hydrolysis) is 1. The van der Waals surface area contributed by atoms with E-state index >= 15 is 0 Å². The summed E-state index contributed by atoms with van der Waals surface area (Å²) in [7, 11) is 0. The maximum absolute atomic E-state index is 13.9. The number of amides is 3. The normalized spacial score (nSPS) is 12.5. The number of carbonyl (C=O) groups is 3. The Morgan fingerprint density at radius 2 is 1.63 bits per heavy atom. The van der Waals surface area contributed by atoms with E-state index in [2.05, 4.69) is 23.6 Å². The van der Waals surface area contributed by atoms with Crippen LogP contribution in [0, 0.1) is 12.5 Å². The summed E-state index contributed by atoms with van der Waals surface area (Å²) in [5.74, 6) is -0.942. The molecule has 7 nitrogen and oxygen atoms in total. The van der Waals surface area contributed by atoms with Gasteiger partial charge in [0.15, 0.2) is 0 Å². The number of ether oxygens (including phenoxy) is 1. The van der Waals surface area contributed by atoms with E-state index in [4.69, 9.17) is 11.2 Å². The van der Waals surface area contributed by atoms with E-state index in [-0.39, 0.29) is 12.3 Å². The molecule has 0 heterocycles. The summed E-state index contributed by atoms with van der Waals surface area (Å²) >= 11 is 0. The monoisotopic (exact) mass is 519 g/mol. The average Bonchev–Trinajstić information content (AvgIpc) is 2.88. The van der Waals surface area contributed by atoms with E-state index in [0.29, 0.717) is 12.1 Å². The molecule has 0 bridgehead atoms. The van der Waals surface area contributed by atoms with Crippen molar-refractivity contribution in [1.29, 1.82) is 0 Å². The van der Waals surface area contributed by atoms with Gasteiger partial charge in [0.1, 0.15) is 17.7 Å². The highest BCUT2D eigenvalue weighted by atomic mass is 16.6. The molecule has 2 aromatic carbocycles. The quantitative estimate of drug-likeness (QED) is 0.231. The molecular weight excluding hydrogens is 478 g/mol. The number of nitrogens with one attached hydrogen (secondary N) is 2. The van der Waals surface area contributed by atoms with E-state index in [1.807, 2.05) is 61.5 Å². The van der Waals surface area contributed by atoms with E-state index in [9.17, 15) is 14.4 Å². The Kier molecular flexibility index (Phi) is 11.9. The molecular formula is C31H41N3O4. The van der Waals surface area contributed by atoms with Crippen molar-refractivity contribution in [3.63, 3.8) is 0 Å². The van der Waals surface area contributed by atoms with E-state index in [0.717, 1.165) is 41.7 Å². The molecule has 2 N–H and O–H groups in total. The van der Waals surface area contributed by atoms with Gasteiger partial charge in [-0.25, -0.2) is 4.79 Å². The summed E-state index contributed by atoms with van der Waals surface area (Å²) in [4.78, 5) is 41.1. The zero-order chi connectivity index (χ0) is 28.1. The van der Waals surface area contributed by atoms with Gasteiger partial charge in [0.2, 0.25) is 5.91 Å². The van der Waals surface area contributed by atoms with Crippen LogP contribution in [-0.2, 0) is 27.2 Å². The molecule has 2 aromatic rings. The first-order chi connectivity index (χ1) is 18.1. The molecule has 0 fully saturated rings. The number of aryl methyl sites for hydroxylation is 1. The van der Waals surface area contributed by atoms with Crippen LogP contribution in [0.1, 0.15) is 76.6 Å². The van der Waals surface area contributed by atoms with Gasteiger partial charge in [0, 0.05) is 19.0 Å². The van der Waals surface area contributed by atoms with E-state index in [1.165, 1.54) is 0 Å². The van der Waals surface area contributed by atoms with Crippen LogP contribution >= 0.6 is 0 Å². The van der Waals surface area contributed by atoms with Gasteiger partial charge >= 0.3 is 6.09 Å². The average molecular weight is 520 g/mol. The zero-order valence-electron chi connectivity index (χ0n) is 23.3. The standard InChI is InChI=1S/C31H41N3O4/c1-7-10-14-21-32-28(35)27(25-19-17-23(8-2)18-20-25)34(9-3)29(36)26(22-24-15-12-11-13-16-24)33-30(37)38-31(4,5)6/h3,11-13,15-20,26-27H,7-8,10,14,21-22H2,1-2,4-6H3,(H,32,35)(H,33,37). The van der Waals surface area contributed by atoms with Crippen molar-refractivity contribution in [2.45, 2.75) is 84.4 Å². The number of benzene rings is 2. The number of nitrogens with zero attached hydrogens (tertiary/aromatic N) is 1. The minimum Gasteiger partial charge on any atom is -0.444 e. The van der Waals surface area contributed by atoms with Crippen LogP contribution in [0.3, 0.4) is 0 Å². The van der Waals surface area contributed by atoms with Crippen LogP contribution in [0.4, 0.5) is 4.79 Å². The molecule has 0 aliphatic heterocycles. The van der Waals surface area contributed by atoms with Crippen LogP contribution < -0.4 is 10.6 Å². The van der Waals surface area contributed by atoms with Crippen LogP contribution in [0.5, 0.6) is 0 Å². The third kappa shape index (κ3) is 9.59. The van der Waals surface area contributed by atoms with Gasteiger partial charge in [-0.05, 0) is 50.3 Å². The van der Waals surface area contributed by atoms with Gasteiger partial charge in [-0.2, -0.15) is 0 Å². The summed E-state index contributed by atoms with van der Waals surface area (Å²) in [6.45, 7) is 9.84. The Bertz CT molecular complexity index is 1080. The first-order valence-electron chi connectivity index (χ1n) is 13.3. The summed E-state index contributed by atoms with van der Waals surface area (Å²) in [6.07, 6.45) is 8.97. The van der Waals surface area contributed by atoms with Crippen LogP contribution in [0.25, 0.3) is 0 Å². The molecule has 0 radical (unpaired) electrons. The highest BCUT2D eigenvalue weighted by Crippen LogP contribution is 2.23. The molecule has 0 aromatic heterocycles. The Morgan fingerprint density at radius 1 is 0.974 bits per heavy atom. The zero-order valence-corrected chi connectivity index (χ0v) is 23.3. The first-order valence-corrected chi connectivity index (χ1v) is 13.3. The predicted molar refractivity (Wildman–Crippen MR) is 150 cm³/mol. The molecule has 0 aliphatic carbocycles. The van der Waals surface area contributed by atoms with Crippen molar-refractivity contribution in [3.05, 3.63) is 71.3 Å². The lowest BCUT2D eigenvalue weighted by molar-refractivity contribution is -0.138. The summed E-state index contributed by atoms with van der Waals surface area (Å²) < 4.78 is 5.41. The molecule has 0 spiro atoms. The molecule has 38 heavy (non-hydrogen) atoms. The number of rotatable bonds is 12. The number of terminal acetylenes is 1. The number of carbonyl (C=O) groups excluding carboxylic acids is 3. The molecule has 2 atom stereocenters. The summed E-state index contributed by atoms with van der Waals surface area (Å²) in [5, 5.41) is 5.61. The van der Waals surface area contributed by atoms with Crippen molar-refractivity contribution in [2.24, 2.45) is 0 Å². The van der Waals surface area contributed by atoms with Crippen molar-refractivity contribution in [1.82, 2.24) is 15.5 Å². The molecule has 204 valence electrons. The number of unbranched alkanes of at least 4 members (excludes halogenated alkanes) is 2. The SMILES string of the molecule is C#CN(C(=O)C(Cc1ccccc1)NC(=O)OC(C)(C)C)C(C(=O)NCCCCC)c1ccc(CC)cc1. The fourth-order valence-electron chi connectivity index (χ4n) is 3.97. The van der Waals surface area contributed by atoms with Gasteiger partial charge in [-0.1, -0.05) is 87.7 Å². The van der Waals surface area contributed by atoms with Crippen molar-refractivity contribution < 1.29 is 19.1 Å². The minimum absolute atomic E-state index is 0.177. The maximum atomic E-state index is 13.9. The molecule has 3 amide bonds. The van der Waals surface area contributed by atoms with Gasteiger partial charge < -0.3 is 15.4 Å². The smallest absolute Gasteiger partial charge is 0.408 e. The van der Waals surface area contributed by atoms with E-state index < -0.39 is 29.7 Å². The molecule has 2 rings (SSSR count). The van der Waals surface area contributed by atoms with Crippen molar-refractivity contribution >= 4 is 17.9 Å². The molecule has 0 saturated heterocycles. The minimum atomic E-state index is -1.06. The third-order valence-electron chi connectivity index (χ3n) is 5.94. The maximum Gasteiger partial charge on any atom is 0.408 e. The molecule has 7 heteroatoms. The fourth-order valence-corrected chi connectivity index (χ4v) is 3.97. The highest BCUT2D eigenvalue weighted by molar-refractivity contribution is 5.93. The molecule has 0 saturated carbocycles. The lowest BCUT2D eigenvalue weighted by atomic mass is 9.99. The first kappa shape index (κ1) is 30.4. The van der Waals surface area contributed by atoms with Crippen molar-refractivity contribution in [3.8, 4) is 12.5 Å². The second kappa shape index (κ2) is 14.8. The Balaban J connectivity index is 2.42. The lowest BCUT2D eigenvalue weighted by Gasteiger charge is -2.30. The van der Waals surface area contributed by atoms with Crippen LogP contribution in [0.15, 0.2) is 54.6 Å². The largest absolute Gasteiger partial charge is 0.444 e. The lowest BCUT2D eigenvalue weighted by Crippen LogP contribution is -2.52. The van der Waals surface area contributed by atoms with Crippen molar-refractivity contribution in [2.75, 3.05) is 6.54 Å². The topological polar surface area (TPSA) is 87.7 Å². The second-order valence-electron chi connectivity index (χ2n) is 10.2. The summed E-state index contributed by atoms with van der Waals surface area (Å²) in [5.41, 5.74) is 1.77. The summed E-state index contributed by atoms with van der Waals surface area (Å²) in [6, 6.07) is 17.1. The van der Waals surface area contributed by atoms with Gasteiger partial charge in [0.05, 0.1) is 0 Å². The Labute approximate surface area is 227 Å². The van der Waals surface area contributed by atoms with Gasteiger partial charge in [0.25, 0.3) is 5.91 Å². The molecule has 0 aliphatic rings. The second-order valence-corrected chi connectivity index (χ2v) is 10.2. The number of hydrogen-bond acceptors (Lipinski definition) is 4. The van der Waals surface area contributed by atoms with Gasteiger partial charge in [-0.3, -0.25) is 14.5 Å². The highest BCUT2D eigenvalue weighted by Gasteiger charge is 2.36. The predicted octanol–water partition coefficient (Wildman–Crippen LogP) is 5.15.